The van der Waals surface area contributed by atoms with Gasteiger partial charge in [-0.2, -0.15) is 0 Å². The van der Waals surface area contributed by atoms with E-state index in [0.717, 1.165) is 11.3 Å². The van der Waals surface area contributed by atoms with Gasteiger partial charge in [0.1, 0.15) is 0 Å². The lowest BCUT2D eigenvalue weighted by molar-refractivity contribution is -0.384. The molecular weight excluding hydrogens is 368 g/mol. The summed E-state index contributed by atoms with van der Waals surface area (Å²) in [6, 6.07) is 13.3. The molecule has 0 aliphatic rings. The molecule has 0 aromatic heterocycles. The highest BCUT2D eigenvalue weighted by Crippen LogP contribution is 2.32. The van der Waals surface area contributed by atoms with Crippen LogP contribution in [0.5, 0.6) is 0 Å². The second kappa shape index (κ2) is 9.72. The van der Waals surface area contributed by atoms with Gasteiger partial charge in [0.15, 0.2) is 6.61 Å². The highest BCUT2D eigenvalue weighted by Gasteiger charge is 2.20. The van der Waals surface area contributed by atoms with E-state index in [2.05, 4.69) is 5.32 Å². The second-order valence-corrected chi connectivity index (χ2v) is 6.92. The number of nitro groups is 1. The van der Waals surface area contributed by atoms with Crippen LogP contribution in [-0.2, 0) is 9.53 Å². The van der Waals surface area contributed by atoms with E-state index in [-0.39, 0.29) is 17.3 Å². The summed E-state index contributed by atoms with van der Waals surface area (Å²) in [6.07, 6.45) is 0.752. The van der Waals surface area contributed by atoms with Crippen LogP contribution in [0.4, 0.5) is 5.69 Å². The van der Waals surface area contributed by atoms with Crippen molar-refractivity contribution in [1.82, 2.24) is 5.32 Å². The Labute approximate surface area is 161 Å². The number of carbonyl (C=O) groups is 2. The molecule has 1 N–H and O–H groups in total. The molecule has 7 nitrogen and oxygen atoms in total. The molecule has 2 rings (SSSR count). The van der Waals surface area contributed by atoms with Crippen LogP contribution in [0.15, 0.2) is 58.3 Å². The Morgan fingerprint density at radius 1 is 1.22 bits per heavy atom. The lowest BCUT2D eigenvalue weighted by Gasteiger charge is -2.12. The maximum absolute atomic E-state index is 12.5. The predicted molar refractivity (Wildman–Crippen MR) is 102 cm³/mol. The molecule has 0 aliphatic heterocycles. The number of esters is 1. The average molecular weight is 388 g/mol. The first-order chi connectivity index (χ1) is 12.9. The van der Waals surface area contributed by atoms with Crippen LogP contribution in [0.25, 0.3) is 0 Å². The highest BCUT2D eigenvalue weighted by atomic mass is 32.2. The number of non-ortho nitro benzene ring substituents is 1. The van der Waals surface area contributed by atoms with Crippen molar-refractivity contribution in [2.45, 2.75) is 36.1 Å². The number of ether oxygens (including phenoxy) is 1. The van der Waals surface area contributed by atoms with Gasteiger partial charge in [0, 0.05) is 28.0 Å². The average Bonchev–Trinajstić information content (AvgIpc) is 2.67. The molecule has 0 radical (unpaired) electrons. The van der Waals surface area contributed by atoms with Crippen molar-refractivity contribution in [2.24, 2.45) is 0 Å². The predicted octanol–water partition coefficient (Wildman–Crippen LogP) is 3.82. The number of hydrogen-bond donors (Lipinski definition) is 1. The van der Waals surface area contributed by atoms with Crippen LogP contribution in [0, 0.1) is 10.1 Å². The number of carbonyl (C=O) groups excluding carboxylic acids is 2. The van der Waals surface area contributed by atoms with Gasteiger partial charge >= 0.3 is 5.97 Å². The van der Waals surface area contributed by atoms with Crippen molar-refractivity contribution in [3.05, 3.63) is 64.2 Å². The largest absolute Gasteiger partial charge is 0.452 e. The zero-order valence-electron chi connectivity index (χ0n) is 15.0. The summed E-state index contributed by atoms with van der Waals surface area (Å²) >= 11 is 1.29. The minimum absolute atomic E-state index is 0.0294. The van der Waals surface area contributed by atoms with E-state index in [4.69, 9.17) is 4.74 Å². The summed E-state index contributed by atoms with van der Waals surface area (Å²) in [5.74, 6) is -1.20. The minimum Gasteiger partial charge on any atom is -0.452 e. The van der Waals surface area contributed by atoms with Gasteiger partial charge in [-0.3, -0.25) is 14.9 Å². The molecule has 0 unspecified atom stereocenters. The molecule has 27 heavy (non-hydrogen) atoms. The number of rotatable bonds is 8. The zero-order valence-corrected chi connectivity index (χ0v) is 15.8. The fourth-order valence-electron chi connectivity index (χ4n) is 2.12. The van der Waals surface area contributed by atoms with Gasteiger partial charge in [0.25, 0.3) is 11.6 Å². The molecule has 0 saturated heterocycles. The molecule has 8 heteroatoms. The minimum atomic E-state index is -0.781. The van der Waals surface area contributed by atoms with Gasteiger partial charge in [-0.25, -0.2) is 4.79 Å². The van der Waals surface area contributed by atoms with Crippen molar-refractivity contribution in [3.63, 3.8) is 0 Å². The molecule has 0 fully saturated rings. The van der Waals surface area contributed by atoms with E-state index in [9.17, 15) is 19.7 Å². The molecule has 0 bridgehead atoms. The van der Waals surface area contributed by atoms with E-state index in [1.807, 2.05) is 44.2 Å². The van der Waals surface area contributed by atoms with Crippen LogP contribution >= 0.6 is 11.8 Å². The smallest absolute Gasteiger partial charge is 0.340 e. The van der Waals surface area contributed by atoms with Crippen LogP contribution in [0.1, 0.15) is 30.6 Å². The Kier molecular flexibility index (Phi) is 7.36. The van der Waals surface area contributed by atoms with Crippen LogP contribution in [-0.4, -0.2) is 29.4 Å². The molecule has 1 amide bonds. The summed E-state index contributed by atoms with van der Waals surface area (Å²) in [4.78, 5) is 36.1. The molecule has 0 spiro atoms. The van der Waals surface area contributed by atoms with Crippen LogP contribution in [0.2, 0.25) is 0 Å². The first-order valence-corrected chi connectivity index (χ1v) is 9.20. The van der Waals surface area contributed by atoms with E-state index in [1.165, 1.54) is 30.0 Å². The second-order valence-electron chi connectivity index (χ2n) is 5.81. The van der Waals surface area contributed by atoms with Crippen molar-refractivity contribution < 1.29 is 19.2 Å². The van der Waals surface area contributed by atoms with Gasteiger partial charge in [-0.15, -0.1) is 0 Å². The Morgan fingerprint density at radius 3 is 2.56 bits per heavy atom. The van der Waals surface area contributed by atoms with Crippen molar-refractivity contribution >= 4 is 29.3 Å². The zero-order chi connectivity index (χ0) is 19.8. The summed E-state index contributed by atoms with van der Waals surface area (Å²) in [6.45, 7) is 3.32. The van der Waals surface area contributed by atoms with E-state index in [0.29, 0.717) is 4.90 Å². The maximum atomic E-state index is 12.5. The Bertz CT molecular complexity index is 826. The Morgan fingerprint density at radius 2 is 1.93 bits per heavy atom. The third-order valence-electron chi connectivity index (χ3n) is 3.72. The van der Waals surface area contributed by atoms with Crippen LogP contribution < -0.4 is 5.32 Å². The summed E-state index contributed by atoms with van der Waals surface area (Å²) in [5.41, 5.74) is -0.169. The number of benzene rings is 2. The Hall–Kier alpha value is -2.87. The number of nitrogens with zero attached hydrogens (tertiary/aromatic N) is 1. The van der Waals surface area contributed by atoms with Crippen molar-refractivity contribution in [1.29, 1.82) is 0 Å². The number of hydrogen-bond acceptors (Lipinski definition) is 6. The number of amides is 1. The van der Waals surface area contributed by atoms with E-state index in [1.54, 1.807) is 0 Å². The summed E-state index contributed by atoms with van der Waals surface area (Å²) in [7, 11) is 0. The number of nitrogens with one attached hydrogen (secondary N) is 1. The molecule has 142 valence electrons. The van der Waals surface area contributed by atoms with Gasteiger partial charge in [-0.05, 0) is 31.5 Å². The van der Waals surface area contributed by atoms with Gasteiger partial charge in [0.05, 0.1) is 10.5 Å². The van der Waals surface area contributed by atoms with Gasteiger partial charge in [-0.1, -0.05) is 36.9 Å². The third kappa shape index (κ3) is 6.10. The molecule has 1 atom stereocenters. The maximum Gasteiger partial charge on any atom is 0.340 e. The van der Waals surface area contributed by atoms with E-state index < -0.39 is 23.4 Å². The Balaban J connectivity index is 2.18. The lowest BCUT2D eigenvalue weighted by atomic mass is 10.2. The quantitative estimate of drug-likeness (QED) is 0.419. The third-order valence-corrected chi connectivity index (χ3v) is 4.80. The fourth-order valence-corrected chi connectivity index (χ4v) is 3.06. The topological polar surface area (TPSA) is 98.5 Å². The molecule has 2 aromatic rings. The summed E-state index contributed by atoms with van der Waals surface area (Å²) in [5, 5.41) is 13.7. The van der Waals surface area contributed by atoms with Crippen LogP contribution in [0.3, 0.4) is 0 Å². The standard InChI is InChI=1S/C19H20N2O5S/c1-3-13(2)20-18(22)12-26-19(23)16-11-14(21(24)25)9-10-17(16)27-15-7-5-4-6-8-15/h4-11,13H,3,12H2,1-2H3,(H,20,22)/t13-/m0/s1. The normalized spacial score (nSPS) is 11.5. The highest BCUT2D eigenvalue weighted by molar-refractivity contribution is 7.99. The molecule has 2 aromatic carbocycles. The monoisotopic (exact) mass is 388 g/mol. The summed E-state index contributed by atoms with van der Waals surface area (Å²) < 4.78 is 5.06. The molecule has 0 saturated carbocycles. The van der Waals surface area contributed by atoms with E-state index >= 15 is 0 Å². The molecule has 0 heterocycles. The van der Waals surface area contributed by atoms with Gasteiger partial charge < -0.3 is 10.1 Å². The SMILES string of the molecule is CC[C@H](C)NC(=O)COC(=O)c1cc([N+](=O)[O-])ccc1Sc1ccccc1. The first kappa shape index (κ1) is 20.4. The fraction of sp³-hybridized carbons (Fsp3) is 0.263. The van der Waals surface area contributed by atoms with Crippen molar-refractivity contribution in [2.75, 3.05) is 6.61 Å². The molecule has 0 aliphatic carbocycles. The molecular formula is C19H20N2O5S. The lowest BCUT2D eigenvalue weighted by Crippen LogP contribution is -2.35. The number of nitro benzene ring substituents is 1. The van der Waals surface area contributed by atoms with Gasteiger partial charge in [0.2, 0.25) is 0 Å². The van der Waals surface area contributed by atoms with Crippen molar-refractivity contribution in [3.8, 4) is 0 Å². The first-order valence-electron chi connectivity index (χ1n) is 8.38.